The molecule has 0 saturated heterocycles. The number of halogens is 1. The number of methoxy groups -OCH3 is 1. The summed E-state index contributed by atoms with van der Waals surface area (Å²) in [5.74, 6) is -1.74. The van der Waals surface area contributed by atoms with E-state index in [-0.39, 0.29) is 18.1 Å². The molecule has 104 valence electrons. The van der Waals surface area contributed by atoms with Gasteiger partial charge in [-0.1, -0.05) is 0 Å². The molecule has 0 bridgehead atoms. The summed E-state index contributed by atoms with van der Waals surface area (Å²) in [4.78, 5) is 48.4. The first-order valence-corrected chi connectivity index (χ1v) is 5.74. The predicted molar refractivity (Wildman–Crippen MR) is 66.3 cm³/mol. The molecule has 0 atom stereocenters. The van der Waals surface area contributed by atoms with Gasteiger partial charge in [-0.2, -0.15) is 0 Å². The van der Waals surface area contributed by atoms with Crippen LogP contribution in [0.3, 0.4) is 0 Å². The van der Waals surface area contributed by atoms with Gasteiger partial charge in [-0.25, -0.2) is 9.59 Å². The highest BCUT2D eigenvalue weighted by atomic mass is 35.5. The second kappa shape index (κ2) is 6.19. The number of rotatable bonds is 5. The van der Waals surface area contributed by atoms with Gasteiger partial charge in [0.2, 0.25) is 5.91 Å². The molecular formula is C10H12ClN3O5. The summed E-state index contributed by atoms with van der Waals surface area (Å²) in [5.41, 5.74) is 2.76. The van der Waals surface area contributed by atoms with Gasteiger partial charge in [-0.15, -0.1) is 11.6 Å². The van der Waals surface area contributed by atoms with Gasteiger partial charge in [0.1, 0.15) is 5.56 Å². The van der Waals surface area contributed by atoms with Crippen LogP contribution < -0.4 is 17.0 Å². The molecule has 1 aromatic heterocycles. The number of H-pyrrole nitrogens is 1. The lowest BCUT2D eigenvalue weighted by Gasteiger charge is -2.09. The van der Waals surface area contributed by atoms with E-state index in [0.29, 0.717) is 0 Å². The number of hydrogen-bond acceptors (Lipinski definition) is 5. The molecule has 1 aromatic rings. The fraction of sp³-hybridized carbons (Fsp3) is 0.400. The molecule has 8 nitrogen and oxygen atoms in total. The molecule has 0 unspecified atom stereocenters. The van der Waals surface area contributed by atoms with Crippen molar-refractivity contribution in [3.8, 4) is 0 Å². The minimum Gasteiger partial charge on any atom is -0.465 e. The zero-order valence-electron chi connectivity index (χ0n) is 10.1. The number of aromatic nitrogens is 2. The molecule has 0 spiro atoms. The van der Waals surface area contributed by atoms with Crippen LogP contribution in [0.1, 0.15) is 16.1 Å². The number of nitrogens with two attached hydrogens (primary N) is 1. The molecule has 1 heterocycles. The topological polar surface area (TPSA) is 124 Å². The minimum atomic E-state index is -0.958. The summed E-state index contributed by atoms with van der Waals surface area (Å²) in [6, 6.07) is 0. The molecule has 0 radical (unpaired) electrons. The van der Waals surface area contributed by atoms with Gasteiger partial charge < -0.3 is 15.5 Å². The number of carbonyl (C=O) groups excluding carboxylic acids is 2. The summed E-state index contributed by atoms with van der Waals surface area (Å²) in [6.07, 6.45) is -0.448. The van der Waals surface area contributed by atoms with Crippen molar-refractivity contribution in [2.75, 3.05) is 13.0 Å². The van der Waals surface area contributed by atoms with Crippen molar-refractivity contribution < 1.29 is 14.3 Å². The lowest BCUT2D eigenvalue weighted by atomic mass is 10.1. The Morgan fingerprint density at radius 3 is 2.53 bits per heavy atom. The van der Waals surface area contributed by atoms with E-state index < -0.39 is 35.1 Å². The van der Waals surface area contributed by atoms with Crippen LogP contribution in [0.4, 0.5) is 0 Å². The molecule has 1 rings (SSSR count). The number of esters is 1. The average molecular weight is 290 g/mol. The van der Waals surface area contributed by atoms with Crippen molar-refractivity contribution in [2.24, 2.45) is 5.73 Å². The smallest absolute Gasteiger partial charge is 0.345 e. The van der Waals surface area contributed by atoms with Gasteiger partial charge in [0, 0.05) is 18.1 Å². The highest BCUT2D eigenvalue weighted by Crippen LogP contribution is 2.01. The number of nitrogens with zero attached hydrogens (tertiary/aromatic N) is 1. The minimum absolute atomic E-state index is 0.0127. The third-order valence-corrected chi connectivity index (χ3v) is 2.48. The van der Waals surface area contributed by atoms with E-state index in [0.717, 1.165) is 11.7 Å². The van der Waals surface area contributed by atoms with Crippen LogP contribution in [0.5, 0.6) is 0 Å². The molecule has 0 aliphatic rings. The second-order valence-electron chi connectivity index (χ2n) is 3.56. The van der Waals surface area contributed by atoms with Gasteiger partial charge in [0.05, 0.1) is 13.5 Å². The highest BCUT2D eigenvalue weighted by Gasteiger charge is 2.22. The number of ether oxygens (including phenoxy) is 1. The molecule has 19 heavy (non-hydrogen) atoms. The van der Waals surface area contributed by atoms with E-state index in [2.05, 4.69) is 9.72 Å². The first kappa shape index (κ1) is 15.0. The molecule has 1 amide bonds. The standard InChI is InChI=1S/C10H12ClN3O5/c1-19-9(17)7-5(4-6(12)15)13-10(18)14(3-2-11)8(7)16/h2-4H2,1H3,(H2,12,15)(H,13,18). The van der Waals surface area contributed by atoms with Crippen molar-refractivity contribution in [2.45, 2.75) is 13.0 Å². The quantitative estimate of drug-likeness (QED) is 0.509. The molecule has 3 N–H and O–H groups in total. The van der Waals surface area contributed by atoms with Crippen molar-refractivity contribution in [1.29, 1.82) is 0 Å². The summed E-state index contributed by atoms with van der Waals surface area (Å²) in [5, 5.41) is 0. The van der Waals surface area contributed by atoms with Gasteiger partial charge in [0.15, 0.2) is 0 Å². The van der Waals surface area contributed by atoms with E-state index in [1.54, 1.807) is 0 Å². The van der Waals surface area contributed by atoms with Gasteiger partial charge in [0.25, 0.3) is 5.56 Å². The van der Waals surface area contributed by atoms with Crippen molar-refractivity contribution >= 4 is 23.5 Å². The Hall–Kier alpha value is -2.09. The summed E-state index contributed by atoms with van der Waals surface area (Å²) in [7, 11) is 1.08. The maximum atomic E-state index is 12.0. The Morgan fingerprint density at radius 1 is 1.42 bits per heavy atom. The number of carbonyl (C=O) groups is 2. The zero-order chi connectivity index (χ0) is 14.6. The Morgan fingerprint density at radius 2 is 2.05 bits per heavy atom. The number of aromatic amines is 1. The fourth-order valence-electron chi connectivity index (χ4n) is 1.52. The van der Waals surface area contributed by atoms with E-state index in [4.69, 9.17) is 17.3 Å². The largest absolute Gasteiger partial charge is 0.465 e. The van der Waals surface area contributed by atoms with Crippen LogP contribution >= 0.6 is 11.6 Å². The first-order valence-electron chi connectivity index (χ1n) is 5.21. The molecule has 0 aromatic carbocycles. The van der Waals surface area contributed by atoms with Crippen molar-refractivity contribution in [1.82, 2.24) is 9.55 Å². The predicted octanol–water partition coefficient (Wildman–Crippen LogP) is -1.41. The monoisotopic (exact) mass is 289 g/mol. The Kier molecular flexibility index (Phi) is 4.87. The number of hydrogen-bond donors (Lipinski definition) is 2. The van der Waals surface area contributed by atoms with E-state index in [1.165, 1.54) is 0 Å². The van der Waals surface area contributed by atoms with Crippen LogP contribution in [-0.2, 0) is 22.5 Å². The average Bonchev–Trinajstić information content (AvgIpc) is 2.33. The van der Waals surface area contributed by atoms with Gasteiger partial charge in [-0.05, 0) is 0 Å². The Balaban J connectivity index is 3.57. The molecule has 0 fully saturated rings. The van der Waals surface area contributed by atoms with Gasteiger partial charge in [-0.3, -0.25) is 14.2 Å². The van der Waals surface area contributed by atoms with Crippen LogP contribution in [0, 0.1) is 0 Å². The highest BCUT2D eigenvalue weighted by molar-refractivity contribution is 6.17. The lowest BCUT2D eigenvalue weighted by molar-refractivity contribution is -0.117. The van der Waals surface area contributed by atoms with Crippen molar-refractivity contribution in [3.05, 3.63) is 32.1 Å². The third-order valence-electron chi connectivity index (χ3n) is 2.31. The molecule has 0 saturated carbocycles. The molecule has 0 aliphatic heterocycles. The number of nitrogens with one attached hydrogen (secondary N) is 1. The van der Waals surface area contributed by atoms with E-state index in [1.807, 2.05) is 0 Å². The maximum Gasteiger partial charge on any atom is 0.345 e. The fourth-order valence-corrected chi connectivity index (χ4v) is 1.69. The van der Waals surface area contributed by atoms with E-state index >= 15 is 0 Å². The SMILES string of the molecule is COC(=O)c1c(CC(N)=O)[nH]c(=O)n(CCCl)c1=O. The Bertz CT molecular complexity index is 619. The first-order chi connectivity index (χ1) is 8.92. The molecule has 9 heteroatoms. The summed E-state index contributed by atoms with van der Waals surface area (Å²) in [6.45, 7) is -0.0728. The van der Waals surface area contributed by atoms with E-state index in [9.17, 15) is 19.2 Å². The van der Waals surface area contributed by atoms with Gasteiger partial charge >= 0.3 is 11.7 Å². The van der Waals surface area contributed by atoms with Crippen molar-refractivity contribution in [3.63, 3.8) is 0 Å². The normalized spacial score (nSPS) is 10.2. The van der Waals surface area contributed by atoms with Crippen LogP contribution in [-0.4, -0.2) is 34.4 Å². The molecular weight excluding hydrogens is 278 g/mol. The van der Waals surface area contributed by atoms with Crippen LogP contribution in [0.2, 0.25) is 0 Å². The Labute approximate surface area is 112 Å². The third kappa shape index (κ3) is 3.22. The zero-order valence-corrected chi connectivity index (χ0v) is 10.8. The number of alkyl halides is 1. The van der Waals surface area contributed by atoms with Crippen LogP contribution in [0.25, 0.3) is 0 Å². The molecule has 0 aliphatic carbocycles. The second-order valence-corrected chi connectivity index (χ2v) is 3.94. The lowest BCUT2D eigenvalue weighted by Crippen LogP contribution is -2.41. The summed E-state index contributed by atoms with van der Waals surface area (Å²) >= 11 is 5.47. The number of primary amides is 1. The maximum absolute atomic E-state index is 12.0. The van der Waals surface area contributed by atoms with Crippen LogP contribution in [0.15, 0.2) is 9.59 Å². The number of amides is 1. The summed E-state index contributed by atoms with van der Waals surface area (Å²) < 4.78 is 5.21.